The van der Waals surface area contributed by atoms with Crippen LogP contribution in [0.3, 0.4) is 0 Å². The fourth-order valence-electron chi connectivity index (χ4n) is 2.55. The molecule has 0 N–H and O–H groups in total. The number of nitro groups is 1. The number of hydrogen-bond donors (Lipinski definition) is 0. The Balaban J connectivity index is 1.94. The van der Waals surface area contributed by atoms with E-state index < -0.39 is 4.92 Å². The van der Waals surface area contributed by atoms with E-state index in [4.69, 9.17) is 9.47 Å². The topological polar surface area (TPSA) is 68.7 Å². The third-order valence-corrected chi connectivity index (χ3v) is 3.73. The van der Waals surface area contributed by atoms with Gasteiger partial charge < -0.3 is 14.4 Å². The number of benzene rings is 1. The number of non-ortho nitro benzene ring substituents is 1. The summed E-state index contributed by atoms with van der Waals surface area (Å²) in [6.07, 6.45) is 3.89. The average Bonchev–Trinajstić information content (AvgIpc) is 2.55. The molecule has 0 unspecified atom stereocenters. The van der Waals surface area contributed by atoms with Gasteiger partial charge in [-0.15, -0.1) is 0 Å². The van der Waals surface area contributed by atoms with Crippen LogP contribution in [0.2, 0.25) is 0 Å². The second kappa shape index (κ2) is 6.21. The van der Waals surface area contributed by atoms with Gasteiger partial charge >= 0.3 is 0 Å². The first-order chi connectivity index (χ1) is 11.0. The maximum absolute atomic E-state index is 11.1. The van der Waals surface area contributed by atoms with Crippen molar-refractivity contribution in [3.05, 3.63) is 57.9 Å². The van der Waals surface area contributed by atoms with Crippen LogP contribution in [-0.2, 0) is 17.9 Å². The predicted octanol–water partition coefficient (Wildman–Crippen LogP) is 1.86. The number of aromatic nitrogens is 1. The van der Waals surface area contributed by atoms with Crippen molar-refractivity contribution < 1.29 is 19.0 Å². The number of ether oxygens (including phenoxy) is 2. The molecule has 0 amide bonds. The summed E-state index contributed by atoms with van der Waals surface area (Å²) < 4.78 is 12.7. The van der Waals surface area contributed by atoms with Gasteiger partial charge in [-0.05, 0) is 0 Å². The van der Waals surface area contributed by atoms with Gasteiger partial charge in [0, 0.05) is 49.6 Å². The lowest BCUT2D eigenvalue weighted by atomic mass is 10.1. The van der Waals surface area contributed by atoms with Gasteiger partial charge in [0.2, 0.25) is 0 Å². The standard InChI is InChI=1S/C16H18N3O4/c1-17(2)14-3-5-18(6-4-14)9-12-7-15(19(20)21)8-13-10-22-11-23-16(12)13/h3-8H,9-11H2,1-2H3/q+1. The van der Waals surface area contributed by atoms with Crippen LogP contribution in [0.15, 0.2) is 36.7 Å². The molecule has 7 heteroatoms. The molecular formula is C16H18N3O4+. The number of anilines is 1. The van der Waals surface area contributed by atoms with E-state index in [0.29, 0.717) is 24.5 Å². The Morgan fingerprint density at radius 2 is 2.04 bits per heavy atom. The number of pyridine rings is 1. The van der Waals surface area contributed by atoms with Crippen LogP contribution in [0.4, 0.5) is 11.4 Å². The molecule has 0 saturated heterocycles. The molecule has 0 spiro atoms. The monoisotopic (exact) mass is 316 g/mol. The summed E-state index contributed by atoms with van der Waals surface area (Å²) in [6.45, 7) is 0.994. The van der Waals surface area contributed by atoms with Gasteiger partial charge in [0.25, 0.3) is 5.69 Å². The number of nitrogens with zero attached hydrogens (tertiary/aromatic N) is 3. The molecule has 0 aliphatic carbocycles. The van der Waals surface area contributed by atoms with E-state index in [1.54, 1.807) is 6.07 Å². The normalized spacial score (nSPS) is 13.1. The van der Waals surface area contributed by atoms with E-state index in [9.17, 15) is 10.1 Å². The van der Waals surface area contributed by atoms with Crippen molar-refractivity contribution in [2.75, 3.05) is 25.8 Å². The summed E-state index contributed by atoms with van der Waals surface area (Å²) in [4.78, 5) is 12.7. The van der Waals surface area contributed by atoms with Gasteiger partial charge in [-0.2, -0.15) is 0 Å². The summed E-state index contributed by atoms with van der Waals surface area (Å²) in [7, 11) is 3.95. The molecule has 120 valence electrons. The van der Waals surface area contributed by atoms with Crippen molar-refractivity contribution in [2.24, 2.45) is 0 Å². The molecule has 0 radical (unpaired) electrons. The van der Waals surface area contributed by atoms with Crippen LogP contribution >= 0.6 is 0 Å². The number of rotatable bonds is 4. The maximum Gasteiger partial charge on any atom is 0.270 e. The molecule has 2 heterocycles. The van der Waals surface area contributed by atoms with Crippen LogP contribution in [0.1, 0.15) is 11.1 Å². The number of fused-ring (bicyclic) bond motifs is 1. The first-order valence-electron chi connectivity index (χ1n) is 7.22. The molecule has 2 aromatic rings. The van der Waals surface area contributed by atoms with Crippen molar-refractivity contribution in [3.63, 3.8) is 0 Å². The smallest absolute Gasteiger partial charge is 0.270 e. The highest BCUT2D eigenvalue weighted by atomic mass is 16.7. The summed E-state index contributed by atoms with van der Waals surface area (Å²) in [5, 5.41) is 11.1. The molecule has 1 aromatic carbocycles. The lowest BCUT2D eigenvalue weighted by Gasteiger charge is -2.19. The van der Waals surface area contributed by atoms with Crippen LogP contribution < -0.4 is 14.2 Å². The highest BCUT2D eigenvalue weighted by Gasteiger charge is 2.22. The third kappa shape index (κ3) is 3.24. The van der Waals surface area contributed by atoms with E-state index in [1.165, 1.54) is 6.07 Å². The quantitative estimate of drug-likeness (QED) is 0.489. The molecule has 1 aliphatic rings. The summed E-state index contributed by atoms with van der Waals surface area (Å²) in [6, 6.07) is 7.07. The summed E-state index contributed by atoms with van der Waals surface area (Å²) in [5.41, 5.74) is 2.64. The molecule has 23 heavy (non-hydrogen) atoms. The van der Waals surface area contributed by atoms with Gasteiger partial charge in [0.05, 0.1) is 17.1 Å². The fraction of sp³-hybridized carbons (Fsp3) is 0.312. The molecule has 0 fully saturated rings. The second-order valence-corrected chi connectivity index (χ2v) is 5.58. The van der Waals surface area contributed by atoms with Gasteiger partial charge in [-0.25, -0.2) is 4.57 Å². The van der Waals surface area contributed by atoms with E-state index in [0.717, 1.165) is 11.3 Å². The van der Waals surface area contributed by atoms with Crippen molar-refractivity contribution in [3.8, 4) is 5.75 Å². The van der Waals surface area contributed by atoms with Crippen molar-refractivity contribution in [2.45, 2.75) is 13.2 Å². The molecule has 1 aliphatic heterocycles. The Morgan fingerprint density at radius 1 is 1.30 bits per heavy atom. The average molecular weight is 316 g/mol. The lowest BCUT2D eigenvalue weighted by Crippen LogP contribution is -2.34. The Bertz CT molecular complexity index is 729. The second-order valence-electron chi connectivity index (χ2n) is 5.58. The largest absolute Gasteiger partial charge is 0.467 e. The van der Waals surface area contributed by atoms with E-state index in [2.05, 4.69) is 0 Å². The Morgan fingerprint density at radius 3 is 2.70 bits per heavy atom. The minimum atomic E-state index is -0.391. The maximum atomic E-state index is 11.1. The first kappa shape index (κ1) is 15.2. The number of hydrogen-bond acceptors (Lipinski definition) is 5. The van der Waals surface area contributed by atoms with Crippen LogP contribution in [0.5, 0.6) is 5.75 Å². The molecule has 3 rings (SSSR count). The Kier molecular flexibility index (Phi) is 4.12. The molecule has 0 atom stereocenters. The van der Waals surface area contributed by atoms with E-state index in [-0.39, 0.29) is 12.5 Å². The van der Waals surface area contributed by atoms with Crippen molar-refractivity contribution >= 4 is 11.4 Å². The fourth-order valence-corrected chi connectivity index (χ4v) is 2.55. The van der Waals surface area contributed by atoms with Crippen molar-refractivity contribution in [1.29, 1.82) is 0 Å². The molecule has 7 nitrogen and oxygen atoms in total. The van der Waals surface area contributed by atoms with Crippen LogP contribution in [0, 0.1) is 10.1 Å². The lowest BCUT2D eigenvalue weighted by molar-refractivity contribution is -0.688. The minimum Gasteiger partial charge on any atom is -0.467 e. The minimum absolute atomic E-state index is 0.0540. The zero-order chi connectivity index (χ0) is 16.4. The van der Waals surface area contributed by atoms with Crippen LogP contribution in [0.25, 0.3) is 0 Å². The first-order valence-corrected chi connectivity index (χ1v) is 7.22. The molecular weight excluding hydrogens is 298 g/mol. The molecule has 1 aromatic heterocycles. The highest BCUT2D eigenvalue weighted by molar-refractivity contribution is 5.50. The molecule has 0 saturated carbocycles. The summed E-state index contributed by atoms with van der Waals surface area (Å²) in [5.74, 6) is 0.686. The SMILES string of the molecule is CN(C)c1cc[n+](Cc2cc([N+](=O)[O-])cc3c2OCOC3)cc1. The number of nitro benzene ring substituents is 1. The van der Waals surface area contributed by atoms with Crippen molar-refractivity contribution in [1.82, 2.24) is 0 Å². The zero-order valence-corrected chi connectivity index (χ0v) is 13.1. The van der Waals surface area contributed by atoms with Gasteiger partial charge in [0.1, 0.15) is 5.75 Å². The third-order valence-electron chi connectivity index (χ3n) is 3.73. The zero-order valence-electron chi connectivity index (χ0n) is 13.1. The highest BCUT2D eigenvalue weighted by Crippen LogP contribution is 2.32. The Hall–Kier alpha value is -2.67. The van der Waals surface area contributed by atoms with Crippen LogP contribution in [-0.4, -0.2) is 25.8 Å². The Labute approximate surface area is 133 Å². The predicted molar refractivity (Wildman–Crippen MR) is 83.4 cm³/mol. The van der Waals surface area contributed by atoms with E-state index in [1.807, 2.05) is 48.1 Å². The van der Waals surface area contributed by atoms with Gasteiger partial charge in [0.15, 0.2) is 25.7 Å². The molecule has 0 bridgehead atoms. The van der Waals surface area contributed by atoms with Gasteiger partial charge in [-0.3, -0.25) is 10.1 Å². The summed E-state index contributed by atoms with van der Waals surface area (Å²) >= 11 is 0. The van der Waals surface area contributed by atoms with Gasteiger partial charge in [-0.1, -0.05) is 0 Å². The van der Waals surface area contributed by atoms with E-state index >= 15 is 0 Å².